The van der Waals surface area contributed by atoms with Crippen LogP contribution in [0.1, 0.15) is 31.8 Å². The zero-order valence-corrected chi connectivity index (χ0v) is 18.8. The Bertz CT molecular complexity index is 1330. The molecule has 168 valence electrons. The molecule has 1 atom stereocenters. The minimum absolute atomic E-state index is 0.0457. The van der Waals surface area contributed by atoms with Crippen LogP contribution in [-0.4, -0.2) is 22.9 Å². The first kappa shape index (κ1) is 22.8. The van der Waals surface area contributed by atoms with Crippen LogP contribution in [0.25, 0.3) is 6.08 Å². The van der Waals surface area contributed by atoms with Crippen molar-refractivity contribution in [2.75, 3.05) is 11.4 Å². The van der Waals surface area contributed by atoms with Crippen molar-refractivity contribution in [2.45, 2.75) is 6.54 Å². The van der Waals surface area contributed by atoms with Gasteiger partial charge in [0.25, 0.3) is 5.91 Å². The van der Waals surface area contributed by atoms with Gasteiger partial charge in [-0.2, -0.15) is 0 Å². The molecule has 0 radical (unpaired) electrons. The number of Topliss-reactive ketones (excluding diaryl/α,β-unsaturated/α-hetero) is 1. The molecule has 0 aromatic heterocycles. The topological polar surface area (TPSA) is 66.5 Å². The van der Waals surface area contributed by atoms with Gasteiger partial charge in [-0.15, -0.1) is 0 Å². The Hall–Kier alpha value is -3.36. The van der Waals surface area contributed by atoms with E-state index in [1.807, 2.05) is 0 Å². The third kappa shape index (κ3) is 4.72. The van der Waals surface area contributed by atoms with Crippen LogP contribution in [0.2, 0.25) is 5.02 Å². The number of carbonyl (C=O) groups excluding carboxylic acids is 2. The number of amides is 1. The number of halogens is 3. The number of allylic oxidation sites excluding steroid dienone is 1. The van der Waals surface area contributed by atoms with E-state index in [0.29, 0.717) is 16.8 Å². The molecule has 9 heteroatoms. The van der Waals surface area contributed by atoms with Crippen LogP contribution < -0.4 is 9.62 Å². The van der Waals surface area contributed by atoms with Crippen molar-refractivity contribution < 1.29 is 22.6 Å². The second kappa shape index (κ2) is 9.25. The number of nitrogens with zero attached hydrogens (tertiary/aromatic N) is 1. The van der Waals surface area contributed by atoms with Crippen molar-refractivity contribution in [3.8, 4) is 0 Å². The predicted octanol–water partition coefficient (Wildman–Crippen LogP) is 4.89. The number of hydrogen-bond donors (Lipinski definition) is 1. The molecule has 5 nitrogen and oxygen atoms in total. The Morgan fingerprint density at radius 2 is 1.82 bits per heavy atom. The summed E-state index contributed by atoms with van der Waals surface area (Å²) in [4.78, 5) is 25.7. The molecular weight excluding hydrogens is 470 g/mol. The summed E-state index contributed by atoms with van der Waals surface area (Å²) in [5.74, 6) is -1.97. The highest BCUT2D eigenvalue weighted by atomic mass is 35.5. The van der Waals surface area contributed by atoms with E-state index < -0.39 is 28.5 Å². The highest BCUT2D eigenvalue weighted by Crippen LogP contribution is 2.33. The summed E-state index contributed by atoms with van der Waals surface area (Å²) in [5.41, 5.74) is 1.90. The predicted molar refractivity (Wildman–Crippen MR) is 124 cm³/mol. The fraction of sp³-hybridized carbons (Fsp3) is 0.0833. The zero-order chi connectivity index (χ0) is 23.7. The van der Waals surface area contributed by atoms with Gasteiger partial charge in [0.15, 0.2) is 11.0 Å². The maximum Gasteiger partial charge on any atom is 0.251 e. The Labute approximate surface area is 196 Å². The fourth-order valence-corrected chi connectivity index (χ4v) is 4.59. The first-order valence-electron chi connectivity index (χ1n) is 9.78. The van der Waals surface area contributed by atoms with Crippen LogP contribution in [0, 0.1) is 11.6 Å². The third-order valence-corrected chi connectivity index (χ3v) is 6.79. The van der Waals surface area contributed by atoms with Gasteiger partial charge in [0, 0.05) is 24.7 Å². The highest BCUT2D eigenvalue weighted by molar-refractivity contribution is 7.91. The third-order valence-electron chi connectivity index (χ3n) is 5.11. The number of anilines is 1. The van der Waals surface area contributed by atoms with E-state index in [9.17, 15) is 22.6 Å². The minimum Gasteiger partial charge on any atom is -0.348 e. The molecule has 1 aliphatic rings. The molecule has 0 saturated heterocycles. The van der Waals surface area contributed by atoms with E-state index in [-0.39, 0.29) is 33.4 Å². The fourth-order valence-electron chi connectivity index (χ4n) is 3.34. The summed E-state index contributed by atoms with van der Waals surface area (Å²) < 4.78 is 41.1. The maximum absolute atomic E-state index is 13.8. The molecule has 0 aliphatic carbocycles. The smallest absolute Gasteiger partial charge is 0.251 e. The lowest BCUT2D eigenvalue weighted by Crippen LogP contribution is -2.32. The molecule has 33 heavy (non-hydrogen) atoms. The molecule has 1 amide bonds. The first-order valence-corrected chi connectivity index (χ1v) is 11.3. The second-order valence-corrected chi connectivity index (χ2v) is 9.19. The number of benzene rings is 3. The van der Waals surface area contributed by atoms with Crippen molar-refractivity contribution in [2.24, 2.45) is 0 Å². The van der Waals surface area contributed by atoms with E-state index in [1.54, 1.807) is 25.2 Å². The largest absolute Gasteiger partial charge is 0.348 e. The van der Waals surface area contributed by atoms with Crippen LogP contribution in [0.4, 0.5) is 14.5 Å². The summed E-state index contributed by atoms with van der Waals surface area (Å²) >= 11 is 5.70. The summed E-state index contributed by atoms with van der Waals surface area (Å²) in [6, 6.07) is 14.2. The van der Waals surface area contributed by atoms with E-state index in [2.05, 4.69) is 5.32 Å². The highest BCUT2D eigenvalue weighted by Gasteiger charge is 2.32. The Morgan fingerprint density at radius 1 is 1.09 bits per heavy atom. The van der Waals surface area contributed by atoms with E-state index >= 15 is 0 Å². The molecule has 0 saturated carbocycles. The Kier molecular flexibility index (Phi) is 6.40. The number of rotatable bonds is 4. The summed E-state index contributed by atoms with van der Waals surface area (Å²) in [6.07, 6.45) is 1.35. The molecule has 0 spiro atoms. The summed E-state index contributed by atoms with van der Waals surface area (Å²) in [6.45, 7) is 0.182. The Morgan fingerprint density at radius 3 is 2.52 bits per heavy atom. The van der Waals surface area contributed by atoms with E-state index in [1.165, 1.54) is 46.8 Å². The lowest BCUT2D eigenvalue weighted by molar-refractivity contribution is 0.0951. The quantitative estimate of drug-likeness (QED) is 0.534. The first-order chi connectivity index (χ1) is 15.7. The molecule has 1 aliphatic heterocycles. The van der Waals surface area contributed by atoms with Crippen LogP contribution in [0.3, 0.4) is 0 Å². The van der Waals surface area contributed by atoms with Gasteiger partial charge in [-0.05, 0) is 59.7 Å². The number of ketones is 1. The van der Waals surface area contributed by atoms with Crippen molar-refractivity contribution in [3.63, 3.8) is 0 Å². The SMILES string of the molecule is CN1c2ccc(C(=O)NCc3ccc(F)cc3)cc2C(=O)/C(=C/c2ccc(Cl)c(F)c2)S1=O. The van der Waals surface area contributed by atoms with E-state index in [0.717, 1.165) is 6.07 Å². The van der Waals surface area contributed by atoms with Gasteiger partial charge in [-0.25, -0.2) is 13.0 Å². The lowest BCUT2D eigenvalue weighted by atomic mass is 10.0. The lowest BCUT2D eigenvalue weighted by Gasteiger charge is -2.27. The minimum atomic E-state index is -1.82. The summed E-state index contributed by atoms with van der Waals surface area (Å²) in [7, 11) is -0.255. The van der Waals surface area contributed by atoms with Crippen LogP contribution in [-0.2, 0) is 17.5 Å². The molecule has 1 heterocycles. The molecular formula is C24H17ClF2N2O3S. The van der Waals surface area contributed by atoms with Gasteiger partial charge in [-0.3, -0.25) is 13.9 Å². The molecule has 1 N–H and O–H groups in total. The van der Waals surface area contributed by atoms with Crippen molar-refractivity contribution >= 4 is 46.0 Å². The van der Waals surface area contributed by atoms with Crippen LogP contribution >= 0.6 is 11.6 Å². The van der Waals surface area contributed by atoms with Gasteiger partial charge < -0.3 is 5.32 Å². The van der Waals surface area contributed by atoms with Crippen LogP contribution in [0.15, 0.2) is 65.6 Å². The Balaban J connectivity index is 1.62. The van der Waals surface area contributed by atoms with Crippen molar-refractivity contribution in [1.29, 1.82) is 0 Å². The molecule has 3 aromatic carbocycles. The number of nitrogens with one attached hydrogen (secondary N) is 1. The van der Waals surface area contributed by atoms with Gasteiger partial charge in [0.05, 0.1) is 10.7 Å². The number of carbonyl (C=O) groups is 2. The normalized spacial score (nSPS) is 16.6. The van der Waals surface area contributed by atoms with Crippen molar-refractivity contribution in [1.82, 2.24) is 5.32 Å². The van der Waals surface area contributed by atoms with Gasteiger partial charge >= 0.3 is 0 Å². The number of hydrogen-bond acceptors (Lipinski definition) is 3. The van der Waals surface area contributed by atoms with Gasteiger partial charge in [-0.1, -0.05) is 29.8 Å². The molecule has 4 rings (SSSR count). The standard InChI is InChI=1S/C24H17ClF2N2O3S/c1-29-21-9-5-16(24(31)28-13-14-2-6-17(26)7-3-14)12-18(21)23(30)22(33(29)32)11-15-4-8-19(25)20(27)10-15/h2-12H,13H2,1H3,(H,28,31)/b22-11-. The number of fused-ring (bicyclic) bond motifs is 1. The van der Waals surface area contributed by atoms with Crippen molar-refractivity contribution in [3.05, 3.63) is 104 Å². The van der Waals surface area contributed by atoms with Gasteiger partial charge in [0.1, 0.15) is 16.5 Å². The maximum atomic E-state index is 13.8. The molecule has 3 aromatic rings. The second-order valence-electron chi connectivity index (χ2n) is 7.30. The molecule has 1 unspecified atom stereocenters. The monoisotopic (exact) mass is 486 g/mol. The molecule has 0 bridgehead atoms. The van der Waals surface area contributed by atoms with E-state index in [4.69, 9.17) is 11.6 Å². The summed E-state index contributed by atoms with van der Waals surface area (Å²) in [5, 5.41) is 2.66. The zero-order valence-electron chi connectivity index (χ0n) is 17.3. The average molecular weight is 487 g/mol. The average Bonchev–Trinajstić information content (AvgIpc) is 2.81. The van der Waals surface area contributed by atoms with Gasteiger partial charge in [0.2, 0.25) is 5.78 Å². The molecule has 0 fully saturated rings. The van der Waals surface area contributed by atoms with Crippen LogP contribution in [0.5, 0.6) is 0 Å².